The third-order valence-corrected chi connectivity index (χ3v) is 16.0. The first-order valence-corrected chi connectivity index (χ1v) is 28.6. The number of nitrogens with one attached hydrogen (secondary N) is 2. The summed E-state index contributed by atoms with van der Waals surface area (Å²) in [6.45, 7) is 16.2. The lowest BCUT2D eigenvalue weighted by Crippen LogP contribution is -2.68. The summed E-state index contributed by atoms with van der Waals surface area (Å²) < 4.78 is 24.2. The molecule has 75 heavy (non-hydrogen) atoms. The van der Waals surface area contributed by atoms with Gasteiger partial charge >= 0.3 is 0 Å². The third-order valence-electron chi connectivity index (χ3n) is 15.5. The Morgan fingerprint density at radius 3 is 1.49 bits per heavy atom. The highest BCUT2D eigenvalue weighted by atomic mass is 35.5. The summed E-state index contributed by atoms with van der Waals surface area (Å²) in [4.78, 5) is 39.2. The van der Waals surface area contributed by atoms with Gasteiger partial charge in [-0.25, -0.2) is 0 Å². The van der Waals surface area contributed by atoms with Gasteiger partial charge in [0.05, 0.1) is 25.7 Å². The van der Waals surface area contributed by atoms with Gasteiger partial charge in [-0.2, -0.15) is 0 Å². The zero-order valence-electron chi connectivity index (χ0n) is 44.4. The minimum Gasteiger partial charge on any atom is -0.493 e. The largest absolute Gasteiger partial charge is 0.493 e. The molecule has 4 aromatic carbocycles. The Morgan fingerprint density at radius 2 is 1.04 bits per heavy atom. The summed E-state index contributed by atoms with van der Waals surface area (Å²) in [7, 11) is 0. The number of hydrogen-bond acceptors (Lipinski definition) is 10. The van der Waals surface area contributed by atoms with Crippen molar-refractivity contribution in [3.63, 3.8) is 0 Å². The van der Waals surface area contributed by atoms with Crippen molar-refractivity contribution in [1.82, 2.24) is 30.2 Å². The van der Waals surface area contributed by atoms with Crippen LogP contribution < -0.4 is 20.1 Å². The predicted molar refractivity (Wildman–Crippen MR) is 303 cm³/mol. The van der Waals surface area contributed by atoms with Crippen molar-refractivity contribution < 1.29 is 27.9 Å². The van der Waals surface area contributed by atoms with Gasteiger partial charge in [-0.15, -0.1) is 0 Å². The van der Waals surface area contributed by atoms with Crippen LogP contribution in [-0.4, -0.2) is 134 Å². The molecule has 3 unspecified atom stereocenters. The van der Waals surface area contributed by atoms with Crippen molar-refractivity contribution in [2.75, 3.05) is 78.7 Å². The van der Waals surface area contributed by atoms with Crippen LogP contribution in [-0.2, 0) is 9.59 Å². The van der Waals surface area contributed by atoms with Gasteiger partial charge in [0, 0.05) is 109 Å². The van der Waals surface area contributed by atoms with Crippen molar-refractivity contribution in [2.45, 2.75) is 116 Å². The third kappa shape index (κ3) is 14.9. The Hall–Kier alpha value is -5.08. The number of piperazine rings is 2. The van der Waals surface area contributed by atoms with Gasteiger partial charge < -0.3 is 38.7 Å². The van der Waals surface area contributed by atoms with Crippen LogP contribution in [0.1, 0.15) is 91.4 Å². The standard InChI is InChI=1S/C61H78Cl2N6O6/c1-43(2)38-44(3)64-60(70)58(68-32-28-66(29-33-68)26-8-4-10-36-72-50-22-24-52-54(41-74-56(52)39-50)45-14-18-47(62)19-15-45)59(61(71)65-49-12-6-7-13-49)69-34-30-67(31-35-69)27-9-5-11-37-73-51-23-25-53-55(42-75-57(53)40-51)46-16-20-48(63)21-17-46/h14-25,39-44,49,58-59H,4-13,26-38H2,1-3H3,(H,64,70)(H,65,71). The van der Waals surface area contributed by atoms with Crippen molar-refractivity contribution in [2.24, 2.45) is 5.92 Å². The molecule has 12 nitrogen and oxygen atoms in total. The highest BCUT2D eigenvalue weighted by Crippen LogP contribution is 2.35. The number of carbonyl (C=O) groups is 2. The van der Waals surface area contributed by atoms with Crippen molar-refractivity contribution in [1.29, 1.82) is 0 Å². The molecule has 9 rings (SSSR count). The summed E-state index contributed by atoms with van der Waals surface area (Å²) in [6.07, 6.45) is 14.9. The van der Waals surface area contributed by atoms with E-state index in [1.807, 2.05) is 72.8 Å². The van der Waals surface area contributed by atoms with Crippen LogP contribution in [0.25, 0.3) is 44.2 Å². The fourth-order valence-corrected chi connectivity index (χ4v) is 11.8. The van der Waals surface area contributed by atoms with Crippen LogP contribution in [0.3, 0.4) is 0 Å². The Kier molecular flexibility index (Phi) is 19.5. The molecule has 0 bridgehead atoms. The van der Waals surface area contributed by atoms with E-state index < -0.39 is 12.1 Å². The molecule has 3 fully saturated rings. The monoisotopic (exact) mass is 1060 g/mol. The smallest absolute Gasteiger partial charge is 0.239 e. The van der Waals surface area contributed by atoms with Crippen LogP contribution in [0.4, 0.5) is 0 Å². The van der Waals surface area contributed by atoms with E-state index in [0.29, 0.717) is 29.2 Å². The summed E-state index contributed by atoms with van der Waals surface area (Å²) >= 11 is 12.2. The number of ether oxygens (including phenoxy) is 2. The van der Waals surface area contributed by atoms with E-state index >= 15 is 0 Å². The van der Waals surface area contributed by atoms with Crippen molar-refractivity contribution in [3.8, 4) is 33.8 Å². The Labute approximate surface area is 454 Å². The molecule has 6 aromatic rings. The zero-order valence-corrected chi connectivity index (χ0v) is 45.9. The molecule has 0 spiro atoms. The number of amides is 2. The van der Waals surface area contributed by atoms with Crippen LogP contribution >= 0.6 is 23.2 Å². The van der Waals surface area contributed by atoms with E-state index in [1.54, 1.807) is 12.5 Å². The average molecular weight is 1060 g/mol. The van der Waals surface area contributed by atoms with E-state index in [4.69, 9.17) is 41.5 Å². The molecule has 1 saturated carbocycles. The first-order chi connectivity index (χ1) is 36.5. The van der Waals surface area contributed by atoms with Crippen LogP contribution in [0.5, 0.6) is 11.5 Å². The zero-order chi connectivity index (χ0) is 52.1. The first kappa shape index (κ1) is 54.7. The number of unbranched alkanes of at least 4 members (excludes halogenated alkanes) is 4. The van der Waals surface area contributed by atoms with Gasteiger partial charge in [-0.3, -0.25) is 19.4 Å². The molecule has 0 radical (unpaired) electrons. The van der Waals surface area contributed by atoms with Gasteiger partial charge in [0.2, 0.25) is 11.8 Å². The van der Waals surface area contributed by atoms with Gasteiger partial charge in [0.1, 0.15) is 34.7 Å². The maximum absolute atomic E-state index is 14.7. The summed E-state index contributed by atoms with van der Waals surface area (Å²) in [6, 6.07) is 26.8. The van der Waals surface area contributed by atoms with E-state index in [0.717, 1.165) is 192 Å². The van der Waals surface area contributed by atoms with Crippen molar-refractivity contribution >= 4 is 57.0 Å². The normalized spacial score (nSPS) is 17.7. The number of carbonyl (C=O) groups excluding carboxylic acids is 2. The summed E-state index contributed by atoms with van der Waals surface area (Å²) in [5.41, 5.74) is 5.81. The van der Waals surface area contributed by atoms with E-state index in [-0.39, 0.29) is 23.9 Å². The second-order valence-corrected chi connectivity index (χ2v) is 22.5. The van der Waals surface area contributed by atoms with Crippen LogP contribution in [0, 0.1) is 5.92 Å². The Bertz CT molecular complexity index is 2740. The van der Waals surface area contributed by atoms with Gasteiger partial charge in [0.25, 0.3) is 0 Å². The molecule has 402 valence electrons. The number of halogens is 2. The molecule has 2 aliphatic heterocycles. The molecule has 2 amide bonds. The van der Waals surface area contributed by atoms with Gasteiger partial charge in [-0.1, -0.05) is 74.2 Å². The predicted octanol–water partition coefficient (Wildman–Crippen LogP) is 12.2. The molecule has 4 heterocycles. The minimum absolute atomic E-state index is 0.0108. The van der Waals surface area contributed by atoms with Gasteiger partial charge in [-0.05, 0) is 143 Å². The number of nitrogens with zero attached hydrogens (tertiary/aromatic N) is 4. The quantitative estimate of drug-likeness (QED) is 0.0537. The maximum Gasteiger partial charge on any atom is 0.239 e. The van der Waals surface area contributed by atoms with Gasteiger partial charge in [0.15, 0.2) is 0 Å². The molecular weight excluding hydrogens is 984 g/mol. The second kappa shape index (κ2) is 26.8. The number of hydrogen-bond donors (Lipinski definition) is 2. The lowest BCUT2D eigenvalue weighted by Gasteiger charge is -2.46. The van der Waals surface area contributed by atoms with E-state index in [2.05, 4.69) is 63.1 Å². The molecule has 2 N–H and O–H groups in total. The number of benzene rings is 4. The highest BCUT2D eigenvalue weighted by Gasteiger charge is 2.44. The molecule has 2 aromatic heterocycles. The average Bonchev–Trinajstić information content (AvgIpc) is 4.20. The Morgan fingerprint density at radius 1 is 0.587 bits per heavy atom. The topological polar surface area (TPSA) is 116 Å². The lowest BCUT2D eigenvalue weighted by atomic mass is 9.98. The number of fused-ring (bicyclic) bond motifs is 2. The number of rotatable bonds is 25. The van der Waals surface area contributed by atoms with E-state index in [1.165, 1.54) is 0 Å². The second-order valence-electron chi connectivity index (χ2n) is 21.6. The summed E-state index contributed by atoms with van der Waals surface area (Å²) in [5.74, 6) is 2.06. The fourth-order valence-electron chi connectivity index (χ4n) is 11.5. The first-order valence-electron chi connectivity index (χ1n) is 27.9. The molecule has 14 heteroatoms. The fraction of sp³-hybridized carbons (Fsp3) is 0.508. The van der Waals surface area contributed by atoms with E-state index in [9.17, 15) is 9.59 Å². The van der Waals surface area contributed by atoms with Crippen LogP contribution in [0.2, 0.25) is 10.0 Å². The van der Waals surface area contributed by atoms with Crippen molar-refractivity contribution in [3.05, 3.63) is 108 Å². The van der Waals surface area contributed by atoms with Crippen LogP contribution in [0.15, 0.2) is 106 Å². The summed E-state index contributed by atoms with van der Waals surface area (Å²) in [5, 5.41) is 10.4. The maximum atomic E-state index is 14.7. The molecule has 3 atom stereocenters. The minimum atomic E-state index is -0.574. The lowest BCUT2D eigenvalue weighted by molar-refractivity contribution is -0.141. The Balaban J connectivity index is 0.742. The SMILES string of the molecule is CC(C)CC(C)NC(=O)C(C(C(=O)NC1CCCC1)N1CCN(CCCCCOc2ccc3c(-c4ccc(Cl)cc4)coc3c2)CC1)N1CCN(CCCCCOc2ccc3c(-c4ccc(Cl)cc4)coc3c2)CC1. The number of furan rings is 2. The molecule has 2 saturated heterocycles. The highest BCUT2D eigenvalue weighted by molar-refractivity contribution is 6.31. The molecule has 1 aliphatic carbocycles. The molecular formula is C61H78Cl2N6O6. The molecule has 3 aliphatic rings.